The van der Waals surface area contributed by atoms with Gasteiger partial charge in [-0.1, -0.05) is 52.3 Å². The Balaban J connectivity index is 1.63. The van der Waals surface area contributed by atoms with Crippen molar-refractivity contribution in [2.75, 3.05) is 0 Å². The van der Waals surface area contributed by atoms with Gasteiger partial charge in [0.15, 0.2) is 0 Å². The summed E-state index contributed by atoms with van der Waals surface area (Å²) >= 11 is 3.45. The molecule has 4 heteroatoms. The van der Waals surface area contributed by atoms with Gasteiger partial charge < -0.3 is 10.5 Å². The maximum absolute atomic E-state index is 10.1. The topological polar surface area (TPSA) is 44.6 Å². The molecule has 1 atom stereocenters. The van der Waals surface area contributed by atoms with Crippen LogP contribution in [0.3, 0.4) is 0 Å². The van der Waals surface area contributed by atoms with E-state index in [-0.39, 0.29) is 6.04 Å². The third kappa shape index (κ3) is 2.70. The number of aromatic hydroxyl groups is 1. The zero-order valence-corrected chi connectivity index (χ0v) is 13.9. The van der Waals surface area contributed by atoms with Crippen molar-refractivity contribution in [3.8, 4) is 5.75 Å². The van der Waals surface area contributed by atoms with E-state index in [1.165, 1.54) is 10.8 Å². The molecule has 3 aromatic carbocycles. The normalized spacial score (nSPS) is 17.1. The largest absolute Gasteiger partial charge is 0.508 e. The number of phenols is 1. The van der Waals surface area contributed by atoms with Crippen LogP contribution < -0.4 is 5.43 Å². The lowest BCUT2D eigenvalue weighted by Gasteiger charge is -2.12. The molecule has 114 valence electrons. The van der Waals surface area contributed by atoms with Gasteiger partial charge in [-0.15, -0.1) is 0 Å². The van der Waals surface area contributed by atoms with Gasteiger partial charge in [0.2, 0.25) is 0 Å². The second-order valence-electron chi connectivity index (χ2n) is 5.71. The summed E-state index contributed by atoms with van der Waals surface area (Å²) < 4.78 is 0.950. The smallest absolute Gasteiger partial charge is 0.120 e. The first-order valence-electron chi connectivity index (χ1n) is 7.50. The number of hydrazone groups is 1. The molecule has 1 unspecified atom stereocenters. The fraction of sp³-hybridized carbons (Fsp3) is 0.105. The van der Waals surface area contributed by atoms with E-state index < -0.39 is 0 Å². The van der Waals surface area contributed by atoms with Crippen molar-refractivity contribution < 1.29 is 5.11 Å². The maximum Gasteiger partial charge on any atom is 0.120 e. The maximum atomic E-state index is 10.1. The first-order valence-corrected chi connectivity index (χ1v) is 8.30. The average molecular weight is 367 g/mol. The van der Waals surface area contributed by atoms with Crippen LogP contribution in [0, 0.1) is 0 Å². The summed E-state index contributed by atoms with van der Waals surface area (Å²) in [5.41, 5.74) is 6.14. The summed E-state index contributed by atoms with van der Waals surface area (Å²) in [6.45, 7) is 0. The first-order chi connectivity index (χ1) is 11.2. The third-order valence-electron chi connectivity index (χ3n) is 4.20. The van der Waals surface area contributed by atoms with E-state index in [1.54, 1.807) is 6.07 Å². The third-order valence-corrected chi connectivity index (χ3v) is 4.69. The Morgan fingerprint density at radius 1 is 1.00 bits per heavy atom. The van der Waals surface area contributed by atoms with Crippen LogP contribution in [-0.4, -0.2) is 10.8 Å². The molecule has 1 aliphatic rings. The zero-order chi connectivity index (χ0) is 15.8. The van der Waals surface area contributed by atoms with E-state index in [0.717, 1.165) is 27.7 Å². The molecule has 3 aromatic rings. The predicted octanol–water partition coefficient (Wildman–Crippen LogP) is 4.75. The Morgan fingerprint density at radius 3 is 2.70 bits per heavy atom. The van der Waals surface area contributed by atoms with Gasteiger partial charge in [0.1, 0.15) is 5.75 Å². The molecule has 0 aliphatic carbocycles. The Hall–Kier alpha value is -2.33. The average Bonchev–Trinajstić information content (AvgIpc) is 3.06. The number of hydrogen-bond donors (Lipinski definition) is 2. The number of nitrogens with zero attached hydrogens (tertiary/aromatic N) is 1. The van der Waals surface area contributed by atoms with Gasteiger partial charge in [-0.2, -0.15) is 5.10 Å². The number of nitrogens with one attached hydrogen (secondary N) is 1. The van der Waals surface area contributed by atoms with Gasteiger partial charge in [-0.3, -0.25) is 0 Å². The molecule has 2 N–H and O–H groups in total. The molecule has 0 fully saturated rings. The molecule has 0 spiro atoms. The number of benzene rings is 3. The highest BCUT2D eigenvalue weighted by atomic mass is 79.9. The van der Waals surface area contributed by atoms with Crippen molar-refractivity contribution >= 4 is 32.4 Å². The molecule has 1 aliphatic heterocycles. The van der Waals surface area contributed by atoms with E-state index >= 15 is 0 Å². The number of phenolic OH excluding ortho intramolecular Hbond substituents is 1. The number of fused-ring (bicyclic) bond motifs is 1. The van der Waals surface area contributed by atoms with Crippen LogP contribution in [0.15, 0.2) is 70.2 Å². The Kier molecular flexibility index (Phi) is 3.54. The Morgan fingerprint density at radius 2 is 1.83 bits per heavy atom. The minimum atomic E-state index is -0.00558. The van der Waals surface area contributed by atoms with Crippen LogP contribution >= 0.6 is 15.9 Å². The molecular weight excluding hydrogens is 352 g/mol. The summed E-state index contributed by atoms with van der Waals surface area (Å²) in [7, 11) is 0. The molecule has 23 heavy (non-hydrogen) atoms. The highest BCUT2D eigenvalue weighted by Crippen LogP contribution is 2.33. The van der Waals surface area contributed by atoms with E-state index in [4.69, 9.17) is 0 Å². The fourth-order valence-corrected chi connectivity index (χ4v) is 3.35. The van der Waals surface area contributed by atoms with Gasteiger partial charge in [0, 0.05) is 16.5 Å². The molecule has 1 heterocycles. The molecule has 4 rings (SSSR count). The highest BCUT2D eigenvalue weighted by Gasteiger charge is 2.23. The minimum absolute atomic E-state index is 0.00558. The highest BCUT2D eigenvalue weighted by molar-refractivity contribution is 9.10. The number of hydrogen-bond acceptors (Lipinski definition) is 3. The molecule has 0 aromatic heterocycles. The monoisotopic (exact) mass is 366 g/mol. The van der Waals surface area contributed by atoms with Crippen LogP contribution in [-0.2, 0) is 0 Å². The predicted molar refractivity (Wildman–Crippen MR) is 96.8 cm³/mol. The molecule has 0 amide bonds. The van der Waals surface area contributed by atoms with Crippen molar-refractivity contribution in [2.45, 2.75) is 12.5 Å². The van der Waals surface area contributed by atoms with Crippen molar-refractivity contribution in [2.24, 2.45) is 5.10 Å². The molecule has 0 bridgehead atoms. The standard InChI is InChI=1S/C19H15BrN2O/c20-15-7-8-19(23)16(10-15)18-11-17(21-22-18)14-6-5-12-3-1-2-4-13(12)9-14/h1-10,18,22-23H,11H2. The first kappa shape index (κ1) is 14.3. The van der Waals surface area contributed by atoms with Crippen LogP contribution in [0.1, 0.15) is 23.6 Å². The molecule has 3 nitrogen and oxygen atoms in total. The van der Waals surface area contributed by atoms with Crippen LogP contribution in [0.4, 0.5) is 0 Å². The van der Waals surface area contributed by atoms with E-state index in [1.807, 2.05) is 24.3 Å². The summed E-state index contributed by atoms with van der Waals surface area (Å²) in [5.74, 6) is 0.292. The van der Waals surface area contributed by atoms with E-state index in [9.17, 15) is 5.11 Å². The van der Waals surface area contributed by atoms with E-state index in [2.05, 4.69) is 56.8 Å². The molecule has 0 radical (unpaired) electrons. The van der Waals surface area contributed by atoms with Crippen molar-refractivity contribution in [3.63, 3.8) is 0 Å². The Bertz CT molecular complexity index is 920. The summed E-state index contributed by atoms with van der Waals surface area (Å²) in [6, 6.07) is 20.2. The molecular formula is C19H15BrN2O. The second kappa shape index (κ2) is 5.70. The lowest BCUT2D eigenvalue weighted by atomic mass is 9.97. The number of halogens is 1. The van der Waals surface area contributed by atoms with Crippen molar-refractivity contribution in [1.29, 1.82) is 0 Å². The van der Waals surface area contributed by atoms with Crippen molar-refractivity contribution in [1.82, 2.24) is 5.43 Å². The van der Waals surface area contributed by atoms with Gasteiger partial charge >= 0.3 is 0 Å². The van der Waals surface area contributed by atoms with Crippen LogP contribution in [0.25, 0.3) is 10.8 Å². The summed E-state index contributed by atoms with van der Waals surface area (Å²) in [5, 5.41) is 17.0. The van der Waals surface area contributed by atoms with Gasteiger partial charge in [-0.25, -0.2) is 0 Å². The van der Waals surface area contributed by atoms with Crippen LogP contribution in [0.5, 0.6) is 5.75 Å². The van der Waals surface area contributed by atoms with Gasteiger partial charge in [-0.05, 0) is 40.6 Å². The number of rotatable bonds is 2. The lowest BCUT2D eigenvalue weighted by Crippen LogP contribution is -2.10. The summed E-state index contributed by atoms with van der Waals surface area (Å²) in [4.78, 5) is 0. The van der Waals surface area contributed by atoms with Crippen LogP contribution in [0.2, 0.25) is 0 Å². The van der Waals surface area contributed by atoms with Crippen molar-refractivity contribution in [3.05, 3.63) is 76.3 Å². The quantitative estimate of drug-likeness (QED) is 0.687. The van der Waals surface area contributed by atoms with E-state index in [0.29, 0.717) is 5.75 Å². The fourth-order valence-electron chi connectivity index (χ4n) is 2.98. The zero-order valence-electron chi connectivity index (χ0n) is 12.3. The molecule has 0 saturated carbocycles. The minimum Gasteiger partial charge on any atom is -0.508 e. The Labute approximate surface area is 142 Å². The SMILES string of the molecule is Oc1ccc(Br)cc1C1CC(c2ccc3ccccc3c2)=NN1. The second-order valence-corrected chi connectivity index (χ2v) is 6.63. The summed E-state index contributed by atoms with van der Waals surface area (Å²) in [6.07, 6.45) is 0.752. The lowest BCUT2D eigenvalue weighted by molar-refractivity contribution is 0.455. The molecule has 0 saturated heterocycles. The van der Waals surface area contributed by atoms with Gasteiger partial charge in [0.25, 0.3) is 0 Å². The van der Waals surface area contributed by atoms with Gasteiger partial charge in [0.05, 0.1) is 11.8 Å².